The van der Waals surface area contributed by atoms with Crippen LogP contribution in [0.15, 0.2) is 54.6 Å². The van der Waals surface area contributed by atoms with Gasteiger partial charge >= 0.3 is 0 Å². The lowest BCUT2D eigenvalue weighted by Crippen LogP contribution is -1.98. The number of benzene rings is 1. The van der Waals surface area contributed by atoms with E-state index in [2.05, 4.69) is 4.98 Å². The standard InChI is InChI=1S/C15H15NO2/c17-12-14-9-4-10-15(16-14)18-11-5-8-13-6-2-1-3-7-13/h1-10,17H,11-12H2. The first-order chi connectivity index (χ1) is 8.88. The lowest BCUT2D eigenvalue weighted by atomic mass is 10.2. The van der Waals surface area contributed by atoms with Gasteiger partial charge < -0.3 is 9.84 Å². The molecule has 1 aromatic carbocycles. The molecule has 0 unspecified atom stereocenters. The smallest absolute Gasteiger partial charge is 0.213 e. The fourth-order valence-electron chi connectivity index (χ4n) is 1.51. The molecule has 18 heavy (non-hydrogen) atoms. The maximum absolute atomic E-state index is 8.95. The molecule has 1 N–H and O–H groups in total. The molecule has 0 saturated carbocycles. The van der Waals surface area contributed by atoms with E-state index in [0.29, 0.717) is 18.2 Å². The molecule has 92 valence electrons. The first kappa shape index (κ1) is 12.3. The van der Waals surface area contributed by atoms with Gasteiger partial charge in [0, 0.05) is 6.07 Å². The summed E-state index contributed by atoms with van der Waals surface area (Å²) >= 11 is 0. The van der Waals surface area contributed by atoms with Gasteiger partial charge in [-0.1, -0.05) is 42.5 Å². The Labute approximate surface area is 106 Å². The summed E-state index contributed by atoms with van der Waals surface area (Å²) in [6, 6.07) is 15.4. The summed E-state index contributed by atoms with van der Waals surface area (Å²) in [7, 11) is 0. The maximum atomic E-state index is 8.95. The van der Waals surface area contributed by atoms with Crippen molar-refractivity contribution in [2.75, 3.05) is 6.61 Å². The molecule has 0 atom stereocenters. The number of ether oxygens (including phenoxy) is 1. The normalized spacial score (nSPS) is 10.7. The van der Waals surface area contributed by atoms with Crippen molar-refractivity contribution >= 4 is 6.08 Å². The molecule has 3 nitrogen and oxygen atoms in total. The Hall–Kier alpha value is -2.13. The number of hydrogen-bond acceptors (Lipinski definition) is 3. The quantitative estimate of drug-likeness (QED) is 0.875. The number of aliphatic hydroxyl groups excluding tert-OH is 1. The highest BCUT2D eigenvalue weighted by atomic mass is 16.5. The van der Waals surface area contributed by atoms with E-state index in [1.807, 2.05) is 48.6 Å². The van der Waals surface area contributed by atoms with Crippen LogP contribution in [-0.4, -0.2) is 16.7 Å². The molecule has 1 aromatic heterocycles. The predicted octanol–water partition coefficient (Wildman–Crippen LogP) is 2.67. The van der Waals surface area contributed by atoms with Gasteiger partial charge in [0.15, 0.2) is 0 Å². The SMILES string of the molecule is OCc1cccc(OCC=Cc2ccccc2)n1. The second kappa shape index (κ2) is 6.57. The third-order valence-electron chi connectivity index (χ3n) is 2.38. The molecule has 0 saturated heterocycles. The van der Waals surface area contributed by atoms with Crippen molar-refractivity contribution in [1.82, 2.24) is 4.98 Å². The van der Waals surface area contributed by atoms with Crippen LogP contribution in [0.4, 0.5) is 0 Å². The van der Waals surface area contributed by atoms with Crippen molar-refractivity contribution < 1.29 is 9.84 Å². The third-order valence-corrected chi connectivity index (χ3v) is 2.38. The molecule has 2 rings (SSSR count). The summed E-state index contributed by atoms with van der Waals surface area (Å²) in [6.07, 6.45) is 3.93. The van der Waals surface area contributed by atoms with Crippen LogP contribution in [0.1, 0.15) is 11.3 Å². The summed E-state index contributed by atoms with van der Waals surface area (Å²) in [4.78, 5) is 4.13. The molecule has 0 bridgehead atoms. The third kappa shape index (κ3) is 3.71. The molecular weight excluding hydrogens is 226 g/mol. The molecule has 3 heteroatoms. The summed E-state index contributed by atoms with van der Waals surface area (Å²) in [5.41, 5.74) is 1.75. The van der Waals surface area contributed by atoms with E-state index in [1.54, 1.807) is 12.1 Å². The van der Waals surface area contributed by atoms with E-state index >= 15 is 0 Å². The van der Waals surface area contributed by atoms with Gasteiger partial charge in [0.1, 0.15) is 6.61 Å². The number of rotatable bonds is 5. The van der Waals surface area contributed by atoms with E-state index in [1.165, 1.54) is 0 Å². The van der Waals surface area contributed by atoms with Crippen molar-refractivity contribution in [2.24, 2.45) is 0 Å². The zero-order chi connectivity index (χ0) is 12.6. The highest BCUT2D eigenvalue weighted by Crippen LogP contribution is 2.08. The average molecular weight is 241 g/mol. The minimum absolute atomic E-state index is 0.0724. The highest BCUT2D eigenvalue weighted by molar-refractivity contribution is 5.48. The van der Waals surface area contributed by atoms with Gasteiger partial charge in [-0.3, -0.25) is 0 Å². The molecular formula is C15H15NO2. The number of aliphatic hydroxyl groups is 1. The van der Waals surface area contributed by atoms with E-state index in [4.69, 9.17) is 9.84 Å². The summed E-state index contributed by atoms with van der Waals surface area (Å²) in [5, 5.41) is 8.95. The van der Waals surface area contributed by atoms with Gasteiger partial charge in [0.25, 0.3) is 0 Å². The lowest BCUT2D eigenvalue weighted by molar-refractivity contribution is 0.272. The Bertz CT molecular complexity index is 509. The number of hydrogen-bond donors (Lipinski definition) is 1. The van der Waals surface area contributed by atoms with Gasteiger partial charge in [-0.2, -0.15) is 0 Å². The largest absolute Gasteiger partial charge is 0.473 e. The van der Waals surface area contributed by atoms with Gasteiger partial charge in [0.05, 0.1) is 12.3 Å². The van der Waals surface area contributed by atoms with E-state index < -0.39 is 0 Å². The van der Waals surface area contributed by atoms with Crippen LogP contribution in [0.5, 0.6) is 5.88 Å². The number of pyridine rings is 1. The summed E-state index contributed by atoms with van der Waals surface area (Å²) in [6.45, 7) is 0.383. The second-order valence-corrected chi connectivity index (χ2v) is 3.75. The second-order valence-electron chi connectivity index (χ2n) is 3.75. The van der Waals surface area contributed by atoms with Crippen molar-refractivity contribution in [3.8, 4) is 5.88 Å². The van der Waals surface area contributed by atoms with Crippen LogP contribution >= 0.6 is 0 Å². The van der Waals surface area contributed by atoms with Crippen LogP contribution in [0.25, 0.3) is 6.08 Å². The predicted molar refractivity (Wildman–Crippen MR) is 71.1 cm³/mol. The van der Waals surface area contributed by atoms with Crippen molar-refractivity contribution in [3.05, 3.63) is 65.9 Å². The topological polar surface area (TPSA) is 42.4 Å². The van der Waals surface area contributed by atoms with Crippen LogP contribution in [0, 0.1) is 0 Å². The van der Waals surface area contributed by atoms with Crippen LogP contribution in [0.3, 0.4) is 0 Å². The zero-order valence-electron chi connectivity index (χ0n) is 9.99. The highest BCUT2D eigenvalue weighted by Gasteiger charge is 1.95. The summed E-state index contributed by atoms with van der Waals surface area (Å²) in [5.74, 6) is 0.527. The Kier molecular flexibility index (Phi) is 4.50. The van der Waals surface area contributed by atoms with Gasteiger partial charge in [-0.25, -0.2) is 4.98 Å². The van der Waals surface area contributed by atoms with Crippen molar-refractivity contribution in [3.63, 3.8) is 0 Å². The van der Waals surface area contributed by atoms with Crippen molar-refractivity contribution in [2.45, 2.75) is 6.61 Å². The van der Waals surface area contributed by atoms with Gasteiger partial charge in [0.2, 0.25) is 5.88 Å². The van der Waals surface area contributed by atoms with Crippen molar-refractivity contribution in [1.29, 1.82) is 0 Å². The summed E-state index contributed by atoms with van der Waals surface area (Å²) < 4.78 is 5.46. The Morgan fingerprint density at radius 3 is 2.67 bits per heavy atom. The lowest BCUT2D eigenvalue weighted by Gasteiger charge is -2.03. The average Bonchev–Trinajstić information content (AvgIpc) is 2.45. The minimum Gasteiger partial charge on any atom is -0.473 e. The molecule has 2 aromatic rings. The van der Waals surface area contributed by atoms with Gasteiger partial charge in [-0.15, -0.1) is 0 Å². The molecule has 0 aliphatic heterocycles. The Morgan fingerprint density at radius 2 is 1.89 bits per heavy atom. The van der Waals surface area contributed by atoms with Crippen LogP contribution < -0.4 is 4.74 Å². The first-order valence-corrected chi connectivity index (χ1v) is 5.79. The minimum atomic E-state index is -0.0724. The molecule has 1 heterocycles. The number of aromatic nitrogens is 1. The Morgan fingerprint density at radius 1 is 1.06 bits per heavy atom. The fraction of sp³-hybridized carbons (Fsp3) is 0.133. The molecule has 0 radical (unpaired) electrons. The number of nitrogens with zero attached hydrogens (tertiary/aromatic N) is 1. The fourth-order valence-corrected chi connectivity index (χ4v) is 1.51. The van der Waals surface area contributed by atoms with E-state index in [0.717, 1.165) is 5.56 Å². The molecule has 0 amide bonds. The van der Waals surface area contributed by atoms with E-state index in [-0.39, 0.29) is 6.61 Å². The molecule has 0 fully saturated rings. The maximum Gasteiger partial charge on any atom is 0.213 e. The Balaban J connectivity index is 1.86. The van der Waals surface area contributed by atoms with Crippen LogP contribution in [0.2, 0.25) is 0 Å². The zero-order valence-corrected chi connectivity index (χ0v) is 9.99. The first-order valence-electron chi connectivity index (χ1n) is 5.79. The monoisotopic (exact) mass is 241 g/mol. The van der Waals surface area contributed by atoms with Crippen LogP contribution in [-0.2, 0) is 6.61 Å². The molecule has 0 aliphatic carbocycles. The van der Waals surface area contributed by atoms with Gasteiger partial charge in [-0.05, 0) is 17.7 Å². The van der Waals surface area contributed by atoms with E-state index in [9.17, 15) is 0 Å². The molecule has 0 spiro atoms. The molecule has 0 aliphatic rings.